The number of hydrogen-bond donors (Lipinski definition) is 0. The van der Waals surface area contributed by atoms with Crippen molar-refractivity contribution < 1.29 is 0 Å². The van der Waals surface area contributed by atoms with Gasteiger partial charge in [0.2, 0.25) is 0 Å². The number of allylic oxidation sites excluding steroid dienone is 5. The van der Waals surface area contributed by atoms with Crippen LogP contribution in [-0.2, 0) is 0 Å². The van der Waals surface area contributed by atoms with Crippen LogP contribution in [-0.4, -0.2) is 11.9 Å². The SMILES string of the molecule is C1=CC(c2ccc(N3c4c(ccc5ccccc45)C4C=CC(c5ccccc5)=N[C@H]43)cc2)=CCC1. The van der Waals surface area contributed by atoms with E-state index >= 15 is 0 Å². The molecule has 3 aliphatic rings. The Morgan fingerprint density at radius 2 is 1.54 bits per heavy atom. The van der Waals surface area contributed by atoms with Crippen LogP contribution in [0.25, 0.3) is 16.3 Å². The van der Waals surface area contributed by atoms with E-state index in [2.05, 4.69) is 126 Å². The summed E-state index contributed by atoms with van der Waals surface area (Å²) in [5.74, 6) is 0.228. The molecule has 2 atom stereocenters. The van der Waals surface area contributed by atoms with Crippen LogP contribution in [0.5, 0.6) is 0 Å². The third kappa shape index (κ3) is 3.37. The maximum atomic E-state index is 5.34. The standard InChI is InChI=1S/C33H26N2/c1-3-9-23(10-4-1)24-15-18-27(19-16-24)35-32-28-14-8-7-11-25(28)17-20-29(32)30-21-22-31(34-33(30)35)26-12-5-2-6-13-26/h2-3,5-22,30,33H,1,4H2/t30?,33-/m0/s1. The molecule has 0 saturated heterocycles. The van der Waals surface area contributed by atoms with Crippen molar-refractivity contribution in [1.82, 2.24) is 0 Å². The molecule has 0 radical (unpaired) electrons. The molecule has 0 spiro atoms. The van der Waals surface area contributed by atoms with Gasteiger partial charge in [0.1, 0.15) is 6.17 Å². The Balaban J connectivity index is 1.38. The molecular weight excluding hydrogens is 424 g/mol. The number of hydrogen-bond acceptors (Lipinski definition) is 2. The molecule has 4 aromatic rings. The molecule has 2 heterocycles. The summed E-state index contributed by atoms with van der Waals surface area (Å²) >= 11 is 0. The number of fused-ring (bicyclic) bond motifs is 5. The Morgan fingerprint density at radius 3 is 2.37 bits per heavy atom. The predicted octanol–water partition coefficient (Wildman–Crippen LogP) is 8.19. The van der Waals surface area contributed by atoms with Crippen LogP contribution < -0.4 is 4.90 Å². The largest absolute Gasteiger partial charge is 0.317 e. The van der Waals surface area contributed by atoms with Crippen LogP contribution in [0.4, 0.5) is 11.4 Å². The highest BCUT2D eigenvalue weighted by Crippen LogP contribution is 2.51. The van der Waals surface area contributed by atoms with E-state index in [9.17, 15) is 0 Å². The first kappa shape index (κ1) is 20.2. The van der Waals surface area contributed by atoms with Gasteiger partial charge in [0.05, 0.1) is 11.4 Å². The molecule has 7 rings (SSSR count). The molecule has 1 aliphatic carbocycles. The Labute approximate surface area is 206 Å². The molecule has 0 bridgehead atoms. The smallest absolute Gasteiger partial charge is 0.136 e. The Bertz CT molecular complexity index is 1540. The lowest BCUT2D eigenvalue weighted by molar-refractivity contribution is 0.656. The molecule has 4 aromatic carbocycles. The zero-order valence-electron chi connectivity index (χ0n) is 19.5. The number of rotatable bonds is 3. The topological polar surface area (TPSA) is 15.6 Å². The van der Waals surface area contributed by atoms with Gasteiger partial charge in [-0.3, -0.25) is 4.99 Å². The van der Waals surface area contributed by atoms with Crippen molar-refractivity contribution in [3.8, 4) is 0 Å². The average molecular weight is 451 g/mol. The highest BCUT2D eigenvalue weighted by Gasteiger charge is 2.40. The first-order valence-corrected chi connectivity index (χ1v) is 12.5. The fraction of sp³-hybridized carbons (Fsp3) is 0.121. The zero-order valence-corrected chi connectivity index (χ0v) is 19.5. The predicted molar refractivity (Wildman–Crippen MR) is 148 cm³/mol. The Morgan fingerprint density at radius 1 is 0.714 bits per heavy atom. The second-order valence-electron chi connectivity index (χ2n) is 9.46. The summed E-state index contributed by atoms with van der Waals surface area (Å²) in [5, 5.41) is 2.55. The van der Waals surface area contributed by atoms with E-state index < -0.39 is 0 Å². The van der Waals surface area contributed by atoms with Crippen LogP contribution in [0.2, 0.25) is 0 Å². The van der Waals surface area contributed by atoms with E-state index in [0.29, 0.717) is 0 Å². The van der Waals surface area contributed by atoms with Crippen LogP contribution in [0.15, 0.2) is 126 Å². The molecule has 2 nitrogen and oxygen atoms in total. The third-order valence-corrected chi connectivity index (χ3v) is 7.39. The zero-order chi connectivity index (χ0) is 23.2. The minimum absolute atomic E-state index is 0.00402. The van der Waals surface area contributed by atoms with Crippen LogP contribution in [0.1, 0.15) is 35.4 Å². The summed E-state index contributed by atoms with van der Waals surface area (Å²) in [6, 6.07) is 32.8. The number of benzene rings is 4. The molecule has 0 N–H and O–H groups in total. The van der Waals surface area contributed by atoms with Crippen molar-refractivity contribution in [3.05, 3.63) is 138 Å². The van der Waals surface area contributed by atoms with Crippen molar-refractivity contribution in [2.45, 2.75) is 24.9 Å². The normalized spacial score (nSPS) is 20.4. The fourth-order valence-electron chi connectivity index (χ4n) is 5.69. The molecule has 2 aliphatic heterocycles. The Hall–Kier alpha value is -4.17. The van der Waals surface area contributed by atoms with Crippen LogP contribution in [0.3, 0.4) is 0 Å². The van der Waals surface area contributed by atoms with Crippen molar-refractivity contribution >= 4 is 33.4 Å². The average Bonchev–Trinajstić information content (AvgIpc) is 3.28. The summed E-state index contributed by atoms with van der Waals surface area (Å²) in [6.07, 6.45) is 13.6. The minimum atomic E-state index is -0.00402. The minimum Gasteiger partial charge on any atom is -0.317 e. The molecule has 0 saturated carbocycles. The van der Waals surface area contributed by atoms with E-state index in [4.69, 9.17) is 4.99 Å². The molecule has 0 amide bonds. The van der Waals surface area contributed by atoms with Crippen molar-refractivity contribution in [2.75, 3.05) is 4.90 Å². The van der Waals surface area contributed by atoms with Crippen molar-refractivity contribution in [3.63, 3.8) is 0 Å². The van der Waals surface area contributed by atoms with Gasteiger partial charge in [0, 0.05) is 17.0 Å². The lowest BCUT2D eigenvalue weighted by Gasteiger charge is -2.30. The van der Waals surface area contributed by atoms with Gasteiger partial charge in [-0.2, -0.15) is 0 Å². The lowest BCUT2D eigenvalue weighted by Crippen LogP contribution is -2.31. The first-order chi connectivity index (χ1) is 17.4. The fourth-order valence-corrected chi connectivity index (χ4v) is 5.69. The second-order valence-corrected chi connectivity index (χ2v) is 9.46. The van der Waals surface area contributed by atoms with Gasteiger partial charge in [-0.05, 0) is 58.7 Å². The summed E-state index contributed by atoms with van der Waals surface area (Å²) in [6.45, 7) is 0. The third-order valence-electron chi connectivity index (χ3n) is 7.39. The first-order valence-electron chi connectivity index (χ1n) is 12.5. The number of anilines is 2. The molecular formula is C33H26N2. The molecule has 35 heavy (non-hydrogen) atoms. The summed E-state index contributed by atoms with van der Waals surface area (Å²) in [7, 11) is 0. The van der Waals surface area contributed by atoms with Gasteiger partial charge in [0.15, 0.2) is 0 Å². The monoisotopic (exact) mass is 450 g/mol. The van der Waals surface area contributed by atoms with E-state index in [-0.39, 0.29) is 12.1 Å². The van der Waals surface area contributed by atoms with E-state index in [1.54, 1.807) is 0 Å². The summed E-state index contributed by atoms with van der Waals surface area (Å²) < 4.78 is 0. The highest BCUT2D eigenvalue weighted by atomic mass is 15.3. The summed E-state index contributed by atoms with van der Waals surface area (Å²) in [5.41, 5.74) is 8.62. The maximum absolute atomic E-state index is 5.34. The van der Waals surface area contributed by atoms with E-state index in [1.807, 2.05) is 0 Å². The molecule has 2 heteroatoms. The molecule has 168 valence electrons. The highest BCUT2D eigenvalue weighted by molar-refractivity contribution is 6.10. The van der Waals surface area contributed by atoms with E-state index in [1.165, 1.54) is 38.8 Å². The van der Waals surface area contributed by atoms with Crippen molar-refractivity contribution in [1.29, 1.82) is 0 Å². The van der Waals surface area contributed by atoms with Gasteiger partial charge < -0.3 is 4.90 Å². The van der Waals surface area contributed by atoms with Gasteiger partial charge >= 0.3 is 0 Å². The lowest BCUT2D eigenvalue weighted by atomic mass is 9.93. The summed E-state index contributed by atoms with van der Waals surface area (Å²) in [4.78, 5) is 7.80. The van der Waals surface area contributed by atoms with Crippen LogP contribution in [0, 0.1) is 0 Å². The number of nitrogens with zero attached hydrogens (tertiary/aromatic N) is 2. The number of dihydropyridines is 1. The maximum Gasteiger partial charge on any atom is 0.136 e. The van der Waals surface area contributed by atoms with Crippen LogP contribution >= 0.6 is 0 Å². The van der Waals surface area contributed by atoms with Gasteiger partial charge in [-0.15, -0.1) is 0 Å². The molecule has 0 aromatic heterocycles. The van der Waals surface area contributed by atoms with Gasteiger partial charge in [-0.1, -0.05) is 103 Å². The second kappa shape index (κ2) is 8.25. The van der Waals surface area contributed by atoms with Gasteiger partial charge in [0.25, 0.3) is 0 Å². The Kier molecular flexibility index (Phi) is 4.77. The van der Waals surface area contributed by atoms with Crippen molar-refractivity contribution in [2.24, 2.45) is 4.99 Å². The van der Waals surface area contributed by atoms with E-state index in [0.717, 1.165) is 24.1 Å². The van der Waals surface area contributed by atoms with Gasteiger partial charge in [-0.25, -0.2) is 0 Å². The molecule has 1 unspecified atom stereocenters. The number of aliphatic imine (C=N–C) groups is 1. The molecule has 0 fully saturated rings. The quantitative estimate of drug-likeness (QED) is 0.307.